The van der Waals surface area contributed by atoms with E-state index in [1.165, 1.54) is 33.4 Å². The van der Waals surface area contributed by atoms with Crippen molar-refractivity contribution in [2.75, 3.05) is 19.1 Å². The molecule has 0 amide bonds. The molecule has 0 unspecified atom stereocenters. The zero-order valence-electron chi connectivity index (χ0n) is 26.5. The molecule has 0 aromatic heterocycles. The molecule has 0 heterocycles. The average Bonchev–Trinajstić information content (AvgIpc) is 2.97. The summed E-state index contributed by atoms with van der Waals surface area (Å²) in [4.78, 5) is 2.26. The van der Waals surface area contributed by atoms with Crippen molar-refractivity contribution < 1.29 is 9.47 Å². The van der Waals surface area contributed by atoms with Crippen LogP contribution in [0.25, 0.3) is 22.3 Å². The second-order valence-corrected chi connectivity index (χ2v) is 14.9. The predicted molar refractivity (Wildman–Crippen MR) is 192 cm³/mol. The van der Waals surface area contributed by atoms with Crippen LogP contribution in [0.2, 0.25) is 0 Å². The van der Waals surface area contributed by atoms with Crippen LogP contribution < -0.4 is 19.7 Å². The summed E-state index contributed by atoms with van der Waals surface area (Å²) in [5, 5.41) is 0.974. The molecule has 44 heavy (non-hydrogen) atoms. The summed E-state index contributed by atoms with van der Waals surface area (Å²) in [7, 11) is 3.37. The molecule has 0 aliphatic carbocycles. The van der Waals surface area contributed by atoms with Crippen molar-refractivity contribution in [1.82, 2.24) is 0 Å². The van der Waals surface area contributed by atoms with E-state index in [-0.39, 0.29) is 0 Å². The molecule has 0 saturated heterocycles. The number of rotatable bonds is 8. The number of halogens is 2. The van der Waals surface area contributed by atoms with E-state index >= 15 is 0 Å². The lowest BCUT2D eigenvalue weighted by Gasteiger charge is -2.29. The fraction of sp³-hybridized carbons (Fsp3) is 0.211. The molecule has 3 nitrogen and oxygen atoms in total. The van der Waals surface area contributed by atoms with E-state index in [1.54, 1.807) is 14.2 Å². The second kappa shape index (κ2) is 13.2. The topological polar surface area (TPSA) is 21.7 Å². The Morgan fingerprint density at radius 2 is 0.841 bits per heavy atom. The minimum Gasteiger partial charge on any atom is -0.497 e. The number of benzene rings is 5. The molecular weight excluding hydrogens is 604 g/mol. The molecule has 0 aliphatic rings. The van der Waals surface area contributed by atoms with E-state index < -0.39 is 6.63 Å². The van der Waals surface area contributed by atoms with Gasteiger partial charge in [-0.25, -0.2) is 0 Å². The highest BCUT2D eigenvalue weighted by Crippen LogP contribution is 2.53. The monoisotopic (exact) mass is 641 g/mol. The molecule has 5 aromatic carbocycles. The fourth-order valence-electron chi connectivity index (χ4n) is 6.43. The van der Waals surface area contributed by atoms with Crippen molar-refractivity contribution in [1.29, 1.82) is 0 Å². The van der Waals surface area contributed by atoms with Gasteiger partial charge in [-0.1, -0.05) is 57.9 Å². The predicted octanol–water partition coefficient (Wildman–Crippen LogP) is 11.8. The lowest BCUT2D eigenvalue weighted by atomic mass is 9.88. The van der Waals surface area contributed by atoms with Gasteiger partial charge in [0.25, 0.3) is 0 Å². The summed E-state index contributed by atoms with van der Waals surface area (Å²) in [6, 6.07) is 29.7. The number of anilines is 3. The Bertz CT molecular complexity index is 1640. The highest BCUT2D eigenvalue weighted by atomic mass is 35.9. The van der Waals surface area contributed by atoms with Gasteiger partial charge in [-0.05, 0) is 147 Å². The molecule has 0 bridgehead atoms. The molecule has 0 saturated carbocycles. The van der Waals surface area contributed by atoms with Gasteiger partial charge in [-0.3, -0.25) is 0 Å². The highest BCUT2D eigenvalue weighted by Gasteiger charge is 2.26. The van der Waals surface area contributed by atoms with Crippen LogP contribution in [0.3, 0.4) is 0 Å². The van der Waals surface area contributed by atoms with E-state index in [2.05, 4.69) is 107 Å². The van der Waals surface area contributed by atoms with Crippen LogP contribution in [-0.4, -0.2) is 14.2 Å². The number of methoxy groups -OCH3 is 2. The molecule has 226 valence electrons. The molecule has 0 radical (unpaired) electrons. The normalized spacial score (nSPS) is 11.2. The van der Waals surface area contributed by atoms with E-state index in [0.29, 0.717) is 0 Å². The highest BCUT2D eigenvalue weighted by molar-refractivity contribution is 8.09. The van der Waals surface area contributed by atoms with E-state index in [1.807, 2.05) is 24.3 Å². The van der Waals surface area contributed by atoms with Gasteiger partial charge in [-0.2, -0.15) is 0 Å². The minimum absolute atomic E-state index is 0.798. The first kappa shape index (κ1) is 31.9. The first-order chi connectivity index (χ1) is 21.0. The average molecular weight is 643 g/mol. The third-order valence-electron chi connectivity index (χ3n) is 8.08. The Hall–Kier alpha value is -3.49. The van der Waals surface area contributed by atoms with Gasteiger partial charge in [0.1, 0.15) is 18.1 Å². The standard InChI is InChI=1S/C38H38Cl2NO2P/c1-23-17-25(3)36(26(4)18-23)34-21-31(22-35(38(34)44(39)40)37-27(5)19-24(2)20-28(37)6)41(29-9-13-32(42-7)14-10-29)30-11-15-33(43-8)16-12-30/h9-22H,1-8H3. The SMILES string of the molecule is COc1ccc(N(c2ccc(OC)cc2)c2cc(-c3c(C)cc(C)cc3C)c(P(Cl)Cl)c(-c3c(C)cc(C)cc3C)c2)cc1. The van der Waals surface area contributed by atoms with Gasteiger partial charge in [0.2, 0.25) is 0 Å². The third kappa shape index (κ3) is 6.33. The molecule has 5 aromatic rings. The quantitative estimate of drug-likeness (QED) is 0.157. The van der Waals surface area contributed by atoms with Gasteiger partial charge in [-0.15, -0.1) is 0 Å². The van der Waals surface area contributed by atoms with Gasteiger partial charge in [0.15, 0.2) is 0 Å². The molecule has 6 heteroatoms. The van der Waals surface area contributed by atoms with Crippen molar-refractivity contribution in [3.63, 3.8) is 0 Å². The molecule has 0 atom stereocenters. The summed E-state index contributed by atoms with van der Waals surface area (Å²) in [6.45, 7) is 11.4. The smallest absolute Gasteiger partial charge is 0.119 e. The van der Waals surface area contributed by atoms with Crippen LogP contribution in [0.5, 0.6) is 11.5 Å². The van der Waals surface area contributed by atoms with Crippen LogP contribution in [0.1, 0.15) is 33.4 Å². The van der Waals surface area contributed by atoms with Gasteiger partial charge in [0, 0.05) is 22.4 Å². The third-order valence-corrected chi connectivity index (χ3v) is 9.91. The van der Waals surface area contributed by atoms with Crippen LogP contribution in [0.4, 0.5) is 17.1 Å². The molecule has 0 spiro atoms. The lowest BCUT2D eigenvalue weighted by molar-refractivity contribution is 0.415. The minimum atomic E-state index is -1.51. The van der Waals surface area contributed by atoms with Crippen molar-refractivity contribution in [3.05, 3.63) is 118 Å². The molecular formula is C38H38Cl2NO2P. The van der Waals surface area contributed by atoms with Crippen LogP contribution in [0.15, 0.2) is 84.9 Å². The van der Waals surface area contributed by atoms with E-state index in [4.69, 9.17) is 32.0 Å². The Labute approximate surface area is 272 Å². The number of nitrogens with zero attached hydrogens (tertiary/aromatic N) is 1. The summed E-state index contributed by atoms with van der Waals surface area (Å²) in [5.74, 6) is 1.60. The summed E-state index contributed by atoms with van der Waals surface area (Å²) < 4.78 is 11.0. The Kier molecular flexibility index (Phi) is 9.61. The maximum atomic E-state index is 7.01. The zero-order chi connectivity index (χ0) is 31.7. The van der Waals surface area contributed by atoms with Crippen molar-refractivity contribution >= 4 is 51.5 Å². The molecule has 0 aliphatic heterocycles. The lowest BCUT2D eigenvalue weighted by Crippen LogP contribution is -2.15. The first-order valence-electron chi connectivity index (χ1n) is 14.6. The van der Waals surface area contributed by atoms with Crippen molar-refractivity contribution in [2.45, 2.75) is 41.5 Å². The summed E-state index contributed by atoms with van der Waals surface area (Å²) in [5.41, 5.74) is 14.6. The largest absolute Gasteiger partial charge is 0.497 e. The van der Waals surface area contributed by atoms with Crippen LogP contribution in [0, 0.1) is 41.5 Å². The Morgan fingerprint density at radius 1 is 0.500 bits per heavy atom. The Balaban J connectivity index is 1.92. The molecule has 5 rings (SSSR count). The summed E-state index contributed by atoms with van der Waals surface area (Å²) >= 11 is 14.0. The van der Waals surface area contributed by atoms with Crippen molar-refractivity contribution in [2.24, 2.45) is 0 Å². The number of aryl methyl sites for hydroxylation is 6. The number of hydrogen-bond donors (Lipinski definition) is 0. The van der Waals surface area contributed by atoms with Gasteiger partial charge in [0.05, 0.1) is 14.2 Å². The molecule has 0 fully saturated rings. The van der Waals surface area contributed by atoms with Gasteiger partial charge < -0.3 is 14.4 Å². The maximum absolute atomic E-state index is 7.01. The maximum Gasteiger partial charge on any atom is 0.119 e. The van der Waals surface area contributed by atoms with Crippen molar-refractivity contribution in [3.8, 4) is 33.8 Å². The van der Waals surface area contributed by atoms with E-state index in [9.17, 15) is 0 Å². The second-order valence-electron chi connectivity index (χ2n) is 11.4. The van der Waals surface area contributed by atoms with Crippen LogP contribution in [-0.2, 0) is 0 Å². The number of ether oxygens (including phenoxy) is 2. The Morgan fingerprint density at radius 3 is 1.14 bits per heavy atom. The fourth-order valence-corrected chi connectivity index (χ4v) is 8.24. The molecule has 0 N–H and O–H groups in total. The van der Waals surface area contributed by atoms with Crippen LogP contribution >= 0.6 is 29.1 Å². The number of hydrogen-bond acceptors (Lipinski definition) is 3. The zero-order valence-corrected chi connectivity index (χ0v) is 29.0. The van der Waals surface area contributed by atoms with E-state index in [0.717, 1.165) is 56.1 Å². The first-order valence-corrected chi connectivity index (χ1v) is 17.7. The summed E-state index contributed by atoms with van der Waals surface area (Å²) in [6.07, 6.45) is 0. The van der Waals surface area contributed by atoms with Gasteiger partial charge >= 0.3 is 0 Å².